The number of nitrogens with two attached hydrogens (primary N) is 1. The van der Waals surface area contributed by atoms with E-state index in [9.17, 15) is 0 Å². The summed E-state index contributed by atoms with van der Waals surface area (Å²) in [6.45, 7) is 6.60. The van der Waals surface area contributed by atoms with Crippen LogP contribution in [0.15, 0.2) is 0 Å². The van der Waals surface area contributed by atoms with Gasteiger partial charge in [0.05, 0.1) is 5.69 Å². The molecule has 0 radical (unpaired) electrons. The van der Waals surface area contributed by atoms with Crippen molar-refractivity contribution in [3.05, 3.63) is 11.3 Å². The average molecular weight is 278 g/mol. The molecule has 0 saturated carbocycles. The first kappa shape index (κ1) is 15.4. The van der Waals surface area contributed by atoms with E-state index in [0.717, 1.165) is 31.6 Å². The summed E-state index contributed by atoms with van der Waals surface area (Å²) >= 11 is 0. The van der Waals surface area contributed by atoms with Crippen molar-refractivity contribution in [1.82, 2.24) is 9.78 Å². The summed E-state index contributed by atoms with van der Waals surface area (Å²) < 4.78 is 2.06. The molecule has 20 heavy (non-hydrogen) atoms. The predicted molar refractivity (Wildman–Crippen MR) is 85.2 cm³/mol. The van der Waals surface area contributed by atoms with E-state index < -0.39 is 0 Å². The van der Waals surface area contributed by atoms with Crippen molar-refractivity contribution in [3.8, 4) is 0 Å². The van der Waals surface area contributed by atoms with Gasteiger partial charge < -0.3 is 10.6 Å². The Morgan fingerprint density at radius 2 is 1.75 bits per heavy atom. The second kappa shape index (κ2) is 7.11. The number of aromatic nitrogens is 2. The maximum absolute atomic E-state index is 6.18. The van der Waals surface area contributed by atoms with Crippen molar-refractivity contribution in [2.75, 3.05) is 18.0 Å². The SMILES string of the molecule is CCC(N)Cc1c(C)nn(C)c1N1CCCCCCC1. The van der Waals surface area contributed by atoms with Gasteiger partial charge >= 0.3 is 0 Å². The summed E-state index contributed by atoms with van der Waals surface area (Å²) in [6.07, 6.45) is 8.67. The zero-order valence-corrected chi connectivity index (χ0v) is 13.4. The molecule has 114 valence electrons. The Balaban J connectivity index is 2.23. The molecule has 1 aliphatic rings. The lowest BCUT2D eigenvalue weighted by atomic mass is 10.0. The highest BCUT2D eigenvalue weighted by atomic mass is 15.4. The molecule has 0 spiro atoms. The highest BCUT2D eigenvalue weighted by Gasteiger charge is 2.21. The van der Waals surface area contributed by atoms with E-state index in [-0.39, 0.29) is 6.04 Å². The van der Waals surface area contributed by atoms with Crippen molar-refractivity contribution >= 4 is 5.82 Å². The van der Waals surface area contributed by atoms with Gasteiger partial charge in [0.1, 0.15) is 5.82 Å². The Hall–Kier alpha value is -1.03. The first-order chi connectivity index (χ1) is 9.63. The van der Waals surface area contributed by atoms with E-state index in [1.165, 1.54) is 43.5 Å². The molecule has 4 heteroatoms. The molecule has 0 bridgehead atoms. The highest BCUT2D eigenvalue weighted by Crippen LogP contribution is 2.27. The minimum Gasteiger partial charge on any atom is -0.357 e. The third kappa shape index (κ3) is 3.54. The smallest absolute Gasteiger partial charge is 0.130 e. The van der Waals surface area contributed by atoms with E-state index in [2.05, 4.69) is 35.6 Å². The van der Waals surface area contributed by atoms with E-state index in [1.807, 2.05) is 0 Å². The van der Waals surface area contributed by atoms with Crippen LogP contribution in [0.1, 0.15) is 56.7 Å². The standard InChI is InChI=1S/C16H30N4/c1-4-14(17)12-15-13(2)18-19(3)16(15)20-10-8-6-5-7-9-11-20/h14H,4-12,17H2,1-3H3. The Morgan fingerprint density at radius 1 is 1.15 bits per heavy atom. The normalized spacial score (nSPS) is 18.7. The Morgan fingerprint density at radius 3 is 2.35 bits per heavy atom. The third-order valence-corrected chi connectivity index (χ3v) is 4.46. The first-order valence-electron chi connectivity index (χ1n) is 8.16. The van der Waals surface area contributed by atoms with Crippen molar-refractivity contribution < 1.29 is 0 Å². The van der Waals surface area contributed by atoms with Crippen LogP contribution < -0.4 is 10.6 Å². The maximum atomic E-state index is 6.18. The van der Waals surface area contributed by atoms with Gasteiger partial charge in [0, 0.05) is 31.7 Å². The average Bonchev–Trinajstić information content (AvgIpc) is 2.65. The Kier molecular flexibility index (Phi) is 5.46. The highest BCUT2D eigenvalue weighted by molar-refractivity contribution is 5.50. The predicted octanol–water partition coefficient (Wildman–Crippen LogP) is 2.78. The lowest BCUT2D eigenvalue weighted by Crippen LogP contribution is -2.31. The number of hydrogen-bond acceptors (Lipinski definition) is 3. The maximum Gasteiger partial charge on any atom is 0.130 e. The molecule has 1 aliphatic heterocycles. The second-order valence-corrected chi connectivity index (χ2v) is 6.14. The molecule has 1 fully saturated rings. The van der Waals surface area contributed by atoms with Gasteiger partial charge in [0.25, 0.3) is 0 Å². The fourth-order valence-corrected chi connectivity index (χ4v) is 3.19. The molecule has 2 rings (SSSR count). The number of rotatable bonds is 4. The van der Waals surface area contributed by atoms with Gasteiger partial charge in [-0.25, -0.2) is 0 Å². The van der Waals surface area contributed by atoms with Crippen molar-refractivity contribution in [2.24, 2.45) is 12.8 Å². The molecular weight excluding hydrogens is 248 g/mol. The number of hydrogen-bond donors (Lipinski definition) is 1. The molecule has 0 aromatic carbocycles. The van der Waals surface area contributed by atoms with Crippen LogP contribution >= 0.6 is 0 Å². The van der Waals surface area contributed by atoms with Crippen LogP contribution in [0.5, 0.6) is 0 Å². The van der Waals surface area contributed by atoms with E-state index in [4.69, 9.17) is 5.73 Å². The van der Waals surface area contributed by atoms with Crippen LogP contribution in [-0.4, -0.2) is 28.9 Å². The first-order valence-corrected chi connectivity index (χ1v) is 8.16. The van der Waals surface area contributed by atoms with Crippen LogP contribution in [0.2, 0.25) is 0 Å². The van der Waals surface area contributed by atoms with Gasteiger partial charge in [-0.15, -0.1) is 0 Å². The van der Waals surface area contributed by atoms with Gasteiger partial charge in [-0.2, -0.15) is 5.10 Å². The zero-order valence-electron chi connectivity index (χ0n) is 13.4. The molecule has 0 amide bonds. The van der Waals surface area contributed by atoms with Gasteiger partial charge in [-0.3, -0.25) is 4.68 Å². The molecule has 2 N–H and O–H groups in total. The van der Waals surface area contributed by atoms with Crippen LogP contribution in [0, 0.1) is 6.92 Å². The van der Waals surface area contributed by atoms with E-state index >= 15 is 0 Å². The summed E-state index contributed by atoms with van der Waals surface area (Å²) in [5, 5.41) is 4.65. The van der Waals surface area contributed by atoms with Gasteiger partial charge in [0.2, 0.25) is 0 Å². The minimum atomic E-state index is 0.242. The molecule has 4 nitrogen and oxygen atoms in total. The van der Waals surface area contributed by atoms with Gasteiger partial charge in [-0.1, -0.05) is 26.2 Å². The lowest BCUT2D eigenvalue weighted by Gasteiger charge is -2.28. The summed E-state index contributed by atoms with van der Waals surface area (Å²) in [6, 6.07) is 0.242. The largest absolute Gasteiger partial charge is 0.357 e. The quantitative estimate of drug-likeness (QED) is 0.921. The Bertz CT molecular complexity index is 416. The molecule has 2 heterocycles. The number of nitrogens with zero attached hydrogens (tertiary/aromatic N) is 3. The number of anilines is 1. The molecule has 1 aromatic rings. The minimum absolute atomic E-state index is 0.242. The lowest BCUT2D eigenvalue weighted by molar-refractivity contribution is 0.544. The fourth-order valence-electron chi connectivity index (χ4n) is 3.19. The van der Waals surface area contributed by atoms with E-state index in [1.54, 1.807) is 0 Å². The molecule has 0 aliphatic carbocycles. The summed E-state index contributed by atoms with van der Waals surface area (Å²) in [5.41, 5.74) is 8.69. The van der Waals surface area contributed by atoms with Gasteiger partial charge in [-0.05, 0) is 32.6 Å². The molecule has 1 aromatic heterocycles. The van der Waals surface area contributed by atoms with Crippen LogP contribution in [0.3, 0.4) is 0 Å². The zero-order chi connectivity index (χ0) is 14.5. The molecule has 1 saturated heterocycles. The topological polar surface area (TPSA) is 47.1 Å². The second-order valence-electron chi connectivity index (χ2n) is 6.14. The molecular formula is C16H30N4. The van der Waals surface area contributed by atoms with Crippen LogP contribution in [0.25, 0.3) is 0 Å². The van der Waals surface area contributed by atoms with Crippen molar-refractivity contribution in [1.29, 1.82) is 0 Å². The Labute approximate surface area is 123 Å². The van der Waals surface area contributed by atoms with Crippen LogP contribution in [-0.2, 0) is 13.5 Å². The summed E-state index contributed by atoms with van der Waals surface area (Å²) in [7, 11) is 2.07. The fraction of sp³-hybridized carbons (Fsp3) is 0.812. The number of aryl methyl sites for hydroxylation is 2. The summed E-state index contributed by atoms with van der Waals surface area (Å²) in [5.74, 6) is 1.31. The molecule has 1 unspecified atom stereocenters. The van der Waals surface area contributed by atoms with Crippen molar-refractivity contribution in [3.63, 3.8) is 0 Å². The third-order valence-electron chi connectivity index (χ3n) is 4.46. The molecule has 1 atom stereocenters. The van der Waals surface area contributed by atoms with Crippen molar-refractivity contribution in [2.45, 2.75) is 64.8 Å². The van der Waals surface area contributed by atoms with E-state index in [0.29, 0.717) is 0 Å². The van der Waals surface area contributed by atoms with Gasteiger partial charge in [0.15, 0.2) is 0 Å². The van der Waals surface area contributed by atoms with Crippen LogP contribution in [0.4, 0.5) is 5.82 Å². The summed E-state index contributed by atoms with van der Waals surface area (Å²) in [4.78, 5) is 2.54. The monoisotopic (exact) mass is 278 g/mol.